The first kappa shape index (κ1) is 6.10. The van der Waals surface area contributed by atoms with E-state index in [9.17, 15) is 4.21 Å². The molecule has 32 valence electrons. The summed E-state index contributed by atoms with van der Waals surface area (Å²) in [6.45, 7) is 0. The molecule has 0 radical (unpaired) electrons. The first-order chi connectivity index (χ1) is 2.00. The number of hydrogen-bond donors (Lipinski definition) is 0. The van der Waals surface area contributed by atoms with Gasteiger partial charge in [-0.25, -0.2) is 4.21 Å². The predicted octanol–water partition coefficient (Wildman–Crippen LogP) is 0.713. The van der Waals surface area contributed by atoms with Gasteiger partial charge < -0.3 is 0 Å². The first-order valence-corrected chi connectivity index (χ1v) is 6.33. The van der Waals surface area contributed by atoms with E-state index in [1.165, 1.54) is 6.26 Å². The zero-order valence-electron chi connectivity index (χ0n) is 2.60. The van der Waals surface area contributed by atoms with E-state index in [1.54, 1.807) is 21.2 Å². The fourth-order valence-corrected chi connectivity index (χ4v) is 0. The van der Waals surface area contributed by atoms with Crippen molar-refractivity contribution in [3.63, 3.8) is 0 Å². The molecule has 0 N–H and O–H groups in total. The van der Waals surface area contributed by atoms with E-state index in [2.05, 4.69) is 11.2 Å². The van der Waals surface area contributed by atoms with Gasteiger partial charge in [0.25, 0.3) is 0 Å². The molecule has 0 aromatic rings. The van der Waals surface area contributed by atoms with Crippen molar-refractivity contribution in [3.05, 3.63) is 0 Å². The quantitative estimate of drug-likeness (QED) is 0.443. The molecule has 0 aliphatic rings. The highest BCUT2D eigenvalue weighted by atomic mass is 127. The number of halogens is 1. The van der Waals surface area contributed by atoms with Crippen LogP contribution in [0.4, 0.5) is 0 Å². The van der Waals surface area contributed by atoms with Crippen molar-refractivity contribution in [2.75, 3.05) is 6.26 Å². The largest absolute Gasteiger partial charge is 0.247 e. The fourth-order valence-electron chi connectivity index (χ4n) is 0. The molecule has 0 amide bonds. The molecule has 1 unspecified atom stereocenters. The fraction of sp³-hybridized carbons (Fsp3) is 1.00. The van der Waals surface area contributed by atoms with Gasteiger partial charge in [-0.15, -0.1) is 0 Å². The summed E-state index contributed by atoms with van der Waals surface area (Å²) in [6.07, 6.45) is 1.52. The van der Waals surface area contributed by atoms with Crippen LogP contribution in [-0.2, 0) is 16.9 Å². The van der Waals surface area contributed by atoms with Crippen LogP contribution in [0.1, 0.15) is 0 Å². The normalized spacial score (nSPS) is 21.2. The van der Waals surface area contributed by atoms with Crippen LogP contribution in [0.5, 0.6) is 0 Å². The lowest BCUT2D eigenvalue weighted by atomic mass is 12.0. The smallest absolute Gasteiger partial charge is 0.0824 e. The van der Waals surface area contributed by atoms with Gasteiger partial charge in [0.2, 0.25) is 0 Å². The van der Waals surface area contributed by atoms with Crippen LogP contribution in [-0.4, -0.2) is 10.5 Å². The van der Waals surface area contributed by atoms with E-state index in [4.69, 9.17) is 0 Å². The summed E-state index contributed by atoms with van der Waals surface area (Å²) < 4.78 is 9.99. The molecule has 0 aliphatic carbocycles. The molecule has 0 aromatic carbocycles. The summed E-state index contributed by atoms with van der Waals surface area (Å²) in [5.41, 5.74) is -1.86. The molecule has 1 nitrogen and oxygen atoms in total. The van der Waals surface area contributed by atoms with Gasteiger partial charge in [-0.2, -0.15) is 0 Å². The van der Waals surface area contributed by atoms with Gasteiger partial charge in [0.1, 0.15) is 0 Å². The van der Waals surface area contributed by atoms with E-state index in [1.807, 2.05) is 0 Å². The standard InChI is InChI=1S/CH3IOS2/c1-5(2,3)4/h1H3. The molecule has 1 atom stereocenters. The average molecular weight is 222 g/mol. The second-order valence-corrected chi connectivity index (χ2v) is 10.8. The molecule has 0 bridgehead atoms. The molecular weight excluding hydrogens is 219 g/mol. The van der Waals surface area contributed by atoms with Crippen molar-refractivity contribution in [3.8, 4) is 0 Å². The number of rotatable bonds is 0. The van der Waals surface area contributed by atoms with E-state index in [-0.39, 0.29) is 0 Å². The molecule has 0 aliphatic heterocycles. The molecule has 0 saturated carbocycles. The third-order valence-corrected chi connectivity index (χ3v) is 0. The van der Waals surface area contributed by atoms with Gasteiger partial charge in [-0.1, -0.05) is 0 Å². The molecule has 4 heteroatoms. The third-order valence-electron chi connectivity index (χ3n) is 0. The van der Waals surface area contributed by atoms with Crippen LogP contribution in [0, 0.1) is 0 Å². The Morgan fingerprint density at radius 3 is 2.00 bits per heavy atom. The predicted molar refractivity (Wildman–Crippen MR) is 35.5 cm³/mol. The molecule has 0 fully saturated rings. The maximum Gasteiger partial charge on any atom is 0.0824 e. The van der Waals surface area contributed by atoms with Crippen molar-refractivity contribution in [2.45, 2.75) is 0 Å². The molecule has 0 spiro atoms. The summed E-state index contributed by atoms with van der Waals surface area (Å²) in [5.74, 6) is 0. The molecule has 0 aromatic heterocycles. The molecule has 5 heavy (non-hydrogen) atoms. The minimum Gasteiger partial charge on any atom is -0.247 e. The van der Waals surface area contributed by atoms with E-state index < -0.39 is 5.66 Å². The van der Waals surface area contributed by atoms with Crippen molar-refractivity contribution < 1.29 is 4.21 Å². The Bertz CT molecular complexity index is 92.8. The van der Waals surface area contributed by atoms with Crippen LogP contribution in [0.15, 0.2) is 0 Å². The molecule has 0 heterocycles. The summed E-state index contributed by atoms with van der Waals surface area (Å²) in [7, 11) is 0. The minimum atomic E-state index is -1.86. The van der Waals surface area contributed by atoms with Crippen molar-refractivity contribution in [2.24, 2.45) is 0 Å². The Balaban J connectivity index is 4.06. The zero-order chi connectivity index (χ0) is 4.50. The first-order valence-electron chi connectivity index (χ1n) is 0.896. The van der Waals surface area contributed by atoms with Gasteiger partial charge in [0.15, 0.2) is 0 Å². The second kappa shape index (κ2) is 1.70. The highest BCUT2D eigenvalue weighted by molar-refractivity contribution is 14.2. The monoisotopic (exact) mass is 222 g/mol. The Morgan fingerprint density at radius 2 is 2.00 bits per heavy atom. The topological polar surface area (TPSA) is 17.1 Å². The Hall–Kier alpha value is 1.10. The van der Waals surface area contributed by atoms with Crippen LogP contribution in [0.2, 0.25) is 0 Å². The van der Waals surface area contributed by atoms with Crippen LogP contribution in [0.25, 0.3) is 0 Å². The van der Waals surface area contributed by atoms with E-state index >= 15 is 0 Å². The Labute approximate surface area is 48.4 Å². The highest BCUT2D eigenvalue weighted by Crippen LogP contribution is 1.92. The van der Waals surface area contributed by atoms with Gasteiger partial charge >= 0.3 is 0 Å². The van der Waals surface area contributed by atoms with Crippen molar-refractivity contribution >= 4 is 38.1 Å². The van der Waals surface area contributed by atoms with Gasteiger partial charge in [-0.05, 0) is 11.2 Å². The third kappa shape index (κ3) is 40.5. The second-order valence-electron chi connectivity index (χ2n) is 0.682. The van der Waals surface area contributed by atoms with Gasteiger partial charge in [0.05, 0.1) is 5.66 Å². The highest BCUT2D eigenvalue weighted by Gasteiger charge is 1.77. The summed E-state index contributed by atoms with van der Waals surface area (Å²) in [4.78, 5) is 0. The lowest BCUT2D eigenvalue weighted by Gasteiger charge is -1.71. The zero-order valence-corrected chi connectivity index (χ0v) is 6.39. The van der Waals surface area contributed by atoms with Crippen molar-refractivity contribution in [1.29, 1.82) is 0 Å². The SMILES string of the molecule is CS(=O)(=S)I. The van der Waals surface area contributed by atoms with Crippen LogP contribution in [0.3, 0.4) is 0 Å². The van der Waals surface area contributed by atoms with Gasteiger partial charge in [-0.3, -0.25) is 0 Å². The van der Waals surface area contributed by atoms with E-state index in [0.717, 1.165) is 0 Å². The Morgan fingerprint density at radius 1 is 2.00 bits per heavy atom. The minimum absolute atomic E-state index is 1.52. The Kier molecular flexibility index (Phi) is 2.07. The summed E-state index contributed by atoms with van der Waals surface area (Å²) in [6, 6.07) is 0. The molecule has 0 saturated heterocycles. The lowest BCUT2D eigenvalue weighted by Crippen LogP contribution is -1.71. The lowest BCUT2D eigenvalue weighted by molar-refractivity contribution is 0.695. The van der Waals surface area contributed by atoms with Crippen molar-refractivity contribution in [1.82, 2.24) is 0 Å². The maximum absolute atomic E-state index is 9.99. The maximum atomic E-state index is 9.99. The number of hydrogen-bond acceptors (Lipinski definition) is 2. The summed E-state index contributed by atoms with van der Waals surface area (Å²) in [5, 5.41) is 0. The van der Waals surface area contributed by atoms with Crippen LogP contribution < -0.4 is 0 Å². The molecule has 0 rings (SSSR count). The average Bonchev–Trinajstić information content (AvgIpc) is 0.722. The van der Waals surface area contributed by atoms with E-state index in [0.29, 0.717) is 0 Å². The molecular formula is CH3IOS2. The van der Waals surface area contributed by atoms with Crippen LogP contribution >= 0.6 is 21.2 Å². The summed E-state index contributed by atoms with van der Waals surface area (Å²) >= 11 is 6.06. The van der Waals surface area contributed by atoms with Gasteiger partial charge in [0, 0.05) is 27.5 Å².